The number of aryl methyl sites for hydroxylation is 1. The van der Waals surface area contributed by atoms with Gasteiger partial charge in [-0.25, -0.2) is 9.97 Å². The summed E-state index contributed by atoms with van der Waals surface area (Å²) in [5.41, 5.74) is 2.93. The fourth-order valence-corrected chi connectivity index (χ4v) is 5.24. The molecule has 4 aromatic heterocycles. The molecule has 1 aliphatic rings. The van der Waals surface area contributed by atoms with Gasteiger partial charge in [0.05, 0.1) is 16.9 Å². The highest BCUT2D eigenvalue weighted by molar-refractivity contribution is 6.01. The van der Waals surface area contributed by atoms with Crippen LogP contribution in [0.25, 0.3) is 33.6 Å². The van der Waals surface area contributed by atoms with Gasteiger partial charge in [0.25, 0.3) is 5.89 Å². The van der Waals surface area contributed by atoms with Gasteiger partial charge < -0.3 is 34.2 Å². The lowest BCUT2D eigenvalue weighted by Gasteiger charge is -2.25. The van der Waals surface area contributed by atoms with Crippen molar-refractivity contribution in [3.63, 3.8) is 0 Å². The van der Waals surface area contributed by atoms with E-state index in [1.807, 2.05) is 49.5 Å². The zero-order chi connectivity index (χ0) is 34.9. The van der Waals surface area contributed by atoms with Gasteiger partial charge in [0.2, 0.25) is 23.6 Å². The van der Waals surface area contributed by atoms with E-state index in [4.69, 9.17) is 14.1 Å². The first-order valence-electron chi connectivity index (χ1n) is 15.5. The molecule has 0 saturated heterocycles. The Balaban J connectivity index is 1.47. The highest BCUT2D eigenvalue weighted by atomic mass is 19.4. The molecule has 0 atom stereocenters. The summed E-state index contributed by atoms with van der Waals surface area (Å²) in [6.45, 7) is 4.63. The minimum atomic E-state index is -4.64. The van der Waals surface area contributed by atoms with Crippen molar-refractivity contribution in [2.24, 2.45) is 0 Å². The maximum Gasteiger partial charge on any atom is 0.422 e. The van der Waals surface area contributed by atoms with E-state index in [1.54, 1.807) is 18.9 Å². The number of hydrogen-bond acceptors (Lipinski definition) is 11. The molecule has 49 heavy (non-hydrogen) atoms. The summed E-state index contributed by atoms with van der Waals surface area (Å²) in [5, 5.41) is 14.8. The third kappa shape index (κ3) is 7.64. The van der Waals surface area contributed by atoms with Crippen molar-refractivity contribution in [2.75, 3.05) is 56.4 Å². The van der Waals surface area contributed by atoms with Crippen molar-refractivity contribution < 1.29 is 27.1 Å². The molecule has 4 heterocycles. The van der Waals surface area contributed by atoms with Crippen molar-refractivity contribution in [1.82, 2.24) is 34.6 Å². The smallest absolute Gasteiger partial charge is 0.422 e. The van der Waals surface area contributed by atoms with Crippen LogP contribution < -0.4 is 20.3 Å². The number of aromatic nitrogens is 6. The molecule has 13 nitrogen and oxygen atoms in total. The van der Waals surface area contributed by atoms with Gasteiger partial charge in [-0.3, -0.25) is 4.79 Å². The number of ether oxygens (including phenoxy) is 1. The molecule has 6 rings (SSSR count). The van der Waals surface area contributed by atoms with E-state index < -0.39 is 18.7 Å². The number of benzene rings is 1. The van der Waals surface area contributed by atoms with E-state index in [0.717, 1.165) is 35.4 Å². The van der Waals surface area contributed by atoms with E-state index in [0.29, 0.717) is 36.3 Å². The zero-order valence-electron chi connectivity index (χ0n) is 27.4. The number of alkyl halides is 3. The van der Waals surface area contributed by atoms with Crippen molar-refractivity contribution in [2.45, 2.75) is 32.0 Å². The van der Waals surface area contributed by atoms with Crippen LogP contribution in [0.2, 0.25) is 0 Å². The molecule has 5 aromatic rings. The fourth-order valence-electron chi connectivity index (χ4n) is 5.24. The van der Waals surface area contributed by atoms with Crippen LogP contribution >= 0.6 is 0 Å². The molecular formula is C33H35F3N10O3. The van der Waals surface area contributed by atoms with E-state index in [2.05, 4.69) is 41.9 Å². The molecule has 1 fully saturated rings. The highest BCUT2D eigenvalue weighted by Gasteiger charge is 2.31. The number of carbonyl (C=O) groups excluding carboxylic acids is 1. The normalized spacial score (nSPS) is 13.1. The Bertz CT molecular complexity index is 2000. The van der Waals surface area contributed by atoms with E-state index >= 15 is 0 Å². The van der Waals surface area contributed by atoms with Gasteiger partial charge in [0, 0.05) is 62.0 Å². The molecule has 16 heteroatoms. The zero-order valence-corrected chi connectivity index (χ0v) is 27.4. The summed E-state index contributed by atoms with van der Waals surface area (Å²) in [5.74, 6) is -0.136. The molecule has 0 bridgehead atoms. The molecule has 1 saturated carbocycles. The Labute approximate surface area is 279 Å². The number of carbonyl (C=O) groups is 1. The predicted molar refractivity (Wildman–Crippen MR) is 179 cm³/mol. The molecule has 1 amide bonds. The van der Waals surface area contributed by atoms with E-state index in [1.165, 1.54) is 12.3 Å². The minimum Gasteiger partial charge on any atom is -0.466 e. The first kappa shape index (κ1) is 33.4. The number of para-hydroxylation sites is 1. The quantitative estimate of drug-likeness (QED) is 0.142. The predicted octanol–water partition coefficient (Wildman–Crippen LogP) is 5.99. The van der Waals surface area contributed by atoms with Crippen LogP contribution in [0.5, 0.6) is 5.88 Å². The average molecular weight is 677 g/mol. The number of hydrogen-bond donors (Lipinski definition) is 2. The Kier molecular flexibility index (Phi) is 9.23. The molecule has 0 unspecified atom stereocenters. The SMILES string of the molecule is C=CC(=O)Nc1cc(Nc2ncc(-c3nnc(C)o3)c(-c3cn(C4CC4)c4ccccc34)n2)c(OCC(F)(F)F)nc1N(C)CCN(C)C. The van der Waals surface area contributed by atoms with Crippen LogP contribution in [0, 0.1) is 6.92 Å². The number of pyridine rings is 1. The molecule has 1 aromatic carbocycles. The Hall–Kier alpha value is -5.51. The number of amides is 1. The van der Waals surface area contributed by atoms with Crippen LogP contribution in [0.15, 0.2) is 59.8 Å². The summed E-state index contributed by atoms with van der Waals surface area (Å²) in [7, 11) is 5.48. The largest absolute Gasteiger partial charge is 0.466 e. The van der Waals surface area contributed by atoms with Gasteiger partial charge in [-0.15, -0.1) is 10.2 Å². The number of fused-ring (bicyclic) bond motifs is 1. The van der Waals surface area contributed by atoms with Crippen molar-refractivity contribution in [3.05, 3.63) is 61.3 Å². The second-order valence-corrected chi connectivity index (χ2v) is 11.9. The highest BCUT2D eigenvalue weighted by Crippen LogP contribution is 2.43. The minimum absolute atomic E-state index is 0.0129. The topological polar surface area (TPSA) is 139 Å². The summed E-state index contributed by atoms with van der Waals surface area (Å²) in [4.78, 5) is 29.8. The Morgan fingerprint density at radius 1 is 1.12 bits per heavy atom. The molecule has 0 aliphatic heterocycles. The second-order valence-electron chi connectivity index (χ2n) is 11.9. The van der Waals surface area contributed by atoms with Gasteiger partial charge in [-0.1, -0.05) is 24.8 Å². The molecule has 2 N–H and O–H groups in total. The number of likely N-dealkylation sites (N-methyl/N-ethyl adjacent to an activating group) is 2. The van der Waals surface area contributed by atoms with Crippen LogP contribution in [0.1, 0.15) is 24.8 Å². The number of nitrogens with zero attached hydrogens (tertiary/aromatic N) is 8. The number of anilines is 4. The van der Waals surface area contributed by atoms with Gasteiger partial charge >= 0.3 is 6.18 Å². The number of rotatable bonds is 13. The third-order valence-corrected chi connectivity index (χ3v) is 7.76. The average Bonchev–Trinajstić information content (AvgIpc) is 3.70. The summed E-state index contributed by atoms with van der Waals surface area (Å²) < 4.78 is 53.4. The van der Waals surface area contributed by atoms with Crippen LogP contribution in [-0.4, -0.2) is 87.5 Å². The molecule has 256 valence electrons. The third-order valence-electron chi connectivity index (χ3n) is 7.76. The van der Waals surface area contributed by atoms with Crippen molar-refractivity contribution in [1.29, 1.82) is 0 Å². The number of halogens is 3. The summed E-state index contributed by atoms with van der Waals surface area (Å²) in [6, 6.07) is 9.74. The van der Waals surface area contributed by atoms with Crippen LogP contribution in [0.4, 0.5) is 36.3 Å². The monoisotopic (exact) mass is 676 g/mol. The van der Waals surface area contributed by atoms with Crippen molar-refractivity contribution in [3.8, 4) is 28.6 Å². The maximum atomic E-state index is 13.4. The lowest BCUT2D eigenvalue weighted by atomic mass is 10.1. The Morgan fingerprint density at radius 2 is 1.90 bits per heavy atom. The van der Waals surface area contributed by atoms with Crippen LogP contribution in [0.3, 0.4) is 0 Å². The molecule has 0 spiro atoms. The summed E-state index contributed by atoms with van der Waals surface area (Å²) >= 11 is 0. The molecule has 1 aliphatic carbocycles. The molecule has 0 radical (unpaired) electrons. The lowest BCUT2D eigenvalue weighted by Crippen LogP contribution is -2.30. The van der Waals surface area contributed by atoms with Gasteiger partial charge in [-0.2, -0.15) is 18.2 Å². The maximum absolute atomic E-state index is 13.4. The standard InChI is InChI=1S/C33H35F3N10O3/c1-6-27(47)38-24-15-25(31(48-18-33(34,35)36)41-29(24)45(5)14-13-44(3)4)39-32-37-16-22(30-43-42-19(2)49-30)28(40-32)23-17-46(20-11-12-20)26-10-8-7-9-21(23)26/h6-10,15-17,20H,1,11-14,18H2,2-5H3,(H,38,47)(H,37,39,40). The van der Waals surface area contributed by atoms with Gasteiger partial charge in [-0.05, 0) is 45.1 Å². The van der Waals surface area contributed by atoms with Gasteiger partial charge in [0.15, 0.2) is 12.4 Å². The molecular weight excluding hydrogens is 641 g/mol. The number of nitrogens with one attached hydrogen (secondary N) is 2. The summed E-state index contributed by atoms with van der Waals surface area (Å²) in [6.07, 6.45) is 2.09. The second kappa shape index (κ2) is 13.5. The first-order valence-corrected chi connectivity index (χ1v) is 15.5. The van der Waals surface area contributed by atoms with E-state index in [-0.39, 0.29) is 34.9 Å². The lowest BCUT2D eigenvalue weighted by molar-refractivity contribution is -0.153. The van der Waals surface area contributed by atoms with Crippen LogP contribution in [-0.2, 0) is 4.79 Å². The van der Waals surface area contributed by atoms with Crippen molar-refractivity contribution >= 4 is 40.0 Å². The van der Waals surface area contributed by atoms with Gasteiger partial charge in [0.1, 0.15) is 5.69 Å². The van der Waals surface area contributed by atoms with E-state index in [9.17, 15) is 18.0 Å². The first-order chi connectivity index (χ1) is 23.4. The fraction of sp³-hybridized carbons (Fsp3) is 0.333. The Morgan fingerprint density at radius 3 is 2.57 bits per heavy atom.